The maximum atomic E-state index is 12.9. The molecule has 6 heteroatoms. The molecule has 0 spiro atoms. The molecule has 20 heavy (non-hydrogen) atoms. The standard InChI is InChI=1S/C14H27N3O2S/c1-3-15-11-14-8-4-5-10-17(14)20(18,19)16-9-6-7-13(2)12-16/h7,14-15H,3-6,8-12H2,1-2H3. The first-order valence-electron chi connectivity index (χ1n) is 7.69. The van der Waals surface area contributed by atoms with Gasteiger partial charge in [-0.15, -0.1) is 0 Å². The zero-order valence-corrected chi connectivity index (χ0v) is 13.5. The monoisotopic (exact) mass is 301 g/mol. The van der Waals surface area contributed by atoms with Crippen LogP contribution in [0.3, 0.4) is 0 Å². The molecule has 0 bridgehead atoms. The van der Waals surface area contributed by atoms with Gasteiger partial charge in [-0.1, -0.05) is 25.0 Å². The van der Waals surface area contributed by atoms with E-state index in [0.717, 1.165) is 44.3 Å². The molecule has 0 aromatic rings. The number of likely N-dealkylation sites (N-methyl/N-ethyl adjacent to an activating group) is 1. The Labute approximate surface area is 123 Å². The van der Waals surface area contributed by atoms with Crippen LogP contribution < -0.4 is 5.32 Å². The number of rotatable bonds is 5. The van der Waals surface area contributed by atoms with Gasteiger partial charge in [-0.05, 0) is 32.7 Å². The van der Waals surface area contributed by atoms with Crippen LogP contribution in [0.2, 0.25) is 0 Å². The molecule has 2 aliphatic heterocycles. The molecule has 1 fully saturated rings. The van der Waals surface area contributed by atoms with E-state index in [0.29, 0.717) is 19.6 Å². The van der Waals surface area contributed by atoms with E-state index in [-0.39, 0.29) is 6.04 Å². The molecule has 1 unspecified atom stereocenters. The molecule has 0 radical (unpaired) electrons. The van der Waals surface area contributed by atoms with E-state index in [2.05, 4.69) is 18.3 Å². The predicted molar refractivity (Wildman–Crippen MR) is 81.8 cm³/mol. The molecule has 5 nitrogen and oxygen atoms in total. The highest BCUT2D eigenvalue weighted by atomic mass is 32.2. The van der Waals surface area contributed by atoms with Crippen molar-refractivity contribution < 1.29 is 8.42 Å². The first kappa shape index (κ1) is 15.9. The number of nitrogens with zero attached hydrogens (tertiary/aromatic N) is 2. The molecule has 2 heterocycles. The molecule has 0 amide bonds. The maximum absolute atomic E-state index is 12.9. The van der Waals surface area contributed by atoms with Crippen LogP contribution in [0.4, 0.5) is 0 Å². The Morgan fingerprint density at radius 1 is 1.35 bits per heavy atom. The van der Waals surface area contributed by atoms with Gasteiger partial charge in [0.15, 0.2) is 0 Å². The van der Waals surface area contributed by atoms with E-state index < -0.39 is 10.2 Å². The third-order valence-corrected chi connectivity index (χ3v) is 6.16. The van der Waals surface area contributed by atoms with E-state index in [9.17, 15) is 8.42 Å². The van der Waals surface area contributed by atoms with Gasteiger partial charge < -0.3 is 5.32 Å². The summed E-state index contributed by atoms with van der Waals surface area (Å²) in [6.45, 7) is 7.54. The average molecular weight is 301 g/mol. The molecule has 1 atom stereocenters. The quantitative estimate of drug-likeness (QED) is 0.780. The summed E-state index contributed by atoms with van der Waals surface area (Å²) in [7, 11) is -3.31. The van der Waals surface area contributed by atoms with Crippen molar-refractivity contribution in [2.45, 2.75) is 45.6 Å². The van der Waals surface area contributed by atoms with Crippen molar-refractivity contribution in [3.8, 4) is 0 Å². The van der Waals surface area contributed by atoms with Crippen LogP contribution in [0.15, 0.2) is 11.6 Å². The lowest BCUT2D eigenvalue weighted by molar-refractivity contribution is 0.227. The lowest BCUT2D eigenvalue weighted by Crippen LogP contribution is -2.54. The van der Waals surface area contributed by atoms with Crippen LogP contribution in [0.1, 0.15) is 39.5 Å². The van der Waals surface area contributed by atoms with Gasteiger partial charge in [-0.3, -0.25) is 0 Å². The Bertz CT molecular complexity index is 447. The van der Waals surface area contributed by atoms with Gasteiger partial charge in [0.25, 0.3) is 10.2 Å². The van der Waals surface area contributed by atoms with Crippen molar-refractivity contribution in [1.29, 1.82) is 0 Å². The highest BCUT2D eigenvalue weighted by molar-refractivity contribution is 7.86. The van der Waals surface area contributed by atoms with E-state index in [1.54, 1.807) is 8.61 Å². The van der Waals surface area contributed by atoms with Crippen molar-refractivity contribution in [3.63, 3.8) is 0 Å². The van der Waals surface area contributed by atoms with Gasteiger partial charge >= 0.3 is 0 Å². The Morgan fingerprint density at radius 3 is 2.85 bits per heavy atom. The van der Waals surface area contributed by atoms with Crippen LogP contribution >= 0.6 is 0 Å². The minimum atomic E-state index is -3.31. The van der Waals surface area contributed by atoms with Crippen LogP contribution in [0.5, 0.6) is 0 Å². The summed E-state index contributed by atoms with van der Waals surface area (Å²) in [5.41, 5.74) is 1.15. The lowest BCUT2D eigenvalue weighted by atomic mass is 10.1. The maximum Gasteiger partial charge on any atom is 0.282 e. The Morgan fingerprint density at radius 2 is 2.15 bits per heavy atom. The molecular formula is C14H27N3O2S. The lowest BCUT2D eigenvalue weighted by Gasteiger charge is -2.39. The summed E-state index contributed by atoms with van der Waals surface area (Å²) in [5.74, 6) is 0. The van der Waals surface area contributed by atoms with Gasteiger partial charge in [-0.25, -0.2) is 0 Å². The number of nitrogens with one attached hydrogen (secondary N) is 1. The minimum absolute atomic E-state index is 0.111. The van der Waals surface area contributed by atoms with Crippen LogP contribution in [-0.2, 0) is 10.2 Å². The fourth-order valence-corrected chi connectivity index (χ4v) is 4.93. The number of hydrogen-bond donors (Lipinski definition) is 1. The molecule has 2 rings (SSSR count). The predicted octanol–water partition coefficient (Wildman–Crippen LogP) is 1.35. The molecule has 0 aromatic carbocycles. The van der Waals surface area contributed by atoms with Gasteiger partial charge in [0.1, 0.15) is 0 Å². The third-order valence-electron chi connectivity index (χ3n) is 4.12. The molecule has 1 N–H and O–H groups in total. The minimum Gasteiger partial charge on any atom is -0.315 e. The number of hydrogen-bond acceptors (Lipinski definition) is 3. The fourth-order valence-electron chi connectivity index (χ4n) is 3.01. The Balaban J connectivity index is 2.11. The van der Waals surface area contributed by atoms with Gasteiger partial charge in [-0.2, -0.15) is 17.0 Å². The summed E-state index contributed by atoms with van der Waals surface area (Å²) in [6.07, 6.45) is 6.04. The van der Waals surface area contributed by atoms with Crippen molar-refractivity contribution in [1.82, 2.24) is 13.9 Å². The number of piperidine rings is 1. The van der Waals surface area contributed by atoms with E-state index in [1.807, 2.05) is 6.92 Å². The largest absolute Gasteiger partial charge is 0.315 e. The molecule has 0 aromatic heterocycles. The van der Waals surface area contributed by atoms with Gasteiger partial charge in [0.2, 0.25) is 0 Å². The highest BCUT2D eigenvalue weighted by Gasteiger charge is 2.36. The summed E-state index contributed by atoms with van der Waals surface area (Å²) in [4.78, 5) is 0. The average Bonchev–Trinajstić information content (AvgIpc) is 2.45. The smallest absolute Gasteiger partial charge is 0.282 e. The van der Waals surface area contributed by atoms with E-state index in [1.165, 1.54) is 0 Å². The SMILES string of the molecule is CCNCC1CCCCN1S(=O)(=O)N1CCC=C(C)C1. The molecule has 2 aliphatic rings. The van der Waals surface area contributed by atoms with Crippen molar-refractivity contribution in [3.05, 3.63) is 11.6 Å². The normalized spacial score (nSPS) is 26.5. The molecule has 0 aliphatic carbocycles. The second kappa shape index (κ2) is 7.02. The van der Waals surface area contributed by atoms with Crippen molar-refractivity contribution in [2.24, 2.45) is 0 Å². The molecule has 0 saturated carbocycles. The molecule has 116 valence electrons. The topological polar surface area (TPSA) is 52.7 Å². The second-order valence-electron chi connectivity index (χ2n) is 5.75. The molecule has 1 saturated heterocycles. The highest BCUT2D eigenvalue weighted by Crippen LogP contribution is 2.24. The third kappa shape index (κ3) is 3.61. The summed E-state index contributed by atoms with van der Waals surface area (Å²) in [5, 5.41) is 3.30. The zero-order valence-electron chi connectivity index (χ0n) is 12.6. The van der Waals surface area contributed by atoms with E-state index in [4.69, 9.17) is 0 Å². The van der Waals surface area contributed by atoms with Crippen LogP contribution in [-0.4, -0.2) is 55.8 Å². The fraction of sp³-hybridized carbons (Fsp3) is 0.857. The molecular weight excluding hydrogens is 274 g/mol. The van der Waals surface area contributed by atoms with Crippen molar-refractivity contribution in [2.75, 3.05) is 32.7 Å². The zero-order chi connectivity index (χ0) is 14.6. The van der Waals surface area contributed by atoms with E-state index >= 15 is 0 Å². The first-order chi connectivity index (χ1) is 9.55. The van der Waals surface area contributed by atoms with Crippen molar-refractivity contribution >= 4 is 10.2 Å². The first-order valence-corrected chi connectivity index (χ1v) is 9.08. The Hall–Kier alpha value is -0.430. The summed E-state index contributed by atoms with van der Waals surface area (Å²) >= 11 is 0. The summed E-state index contributed by atoms with van der Waals surface area (Å²) < 4.78 is 29.1. The van der Waals surface area contributed by atoms with Gasteiger partial charge in [0.05, 0.1) is 0 Å². The summed E-state index contributed by atoms with van der Waals surface area (Å²) in [6, 6.07) is 0.111. The van der Waals surface area contributed by atoms with Crippen LogP contribution in [0.25, 0.3) is 0 Å². The van der Waals surface area contributed by atoms with Crippen LogP contribution in [0, 0.1) is 0 Å². The Kier molecular flexibility index (Phi) is 5.60. The second-order valence-corrected chi connectivity index (χ2v) is 7.63. The van der Waals surface area contributed by atoms with Gasteiger partial charge in [0, 0.05) is 32.2 Å².